The molecule has 0 spiro atoms. The number of aromatic nitrogens is 2. The topological polar surface area (TPSA) is 58.5 Å². The van der Waals surface area contributed by atoms with Gasteiger partial charge in [-0.1, -0.05) is 11.6 Å². The highest BCUT2D eigenvalue weighted by Gasteiger charge is 2.11. The van der Waals surface area contributed by atoms with E-state index in [1.165, 1.54) is 5.56 Å². The molecule has 0 saturated carbocycles. The van der Waals surface area contributed by atoms with Gasteiger partial charge in [0, 0.05) is 25.6 Å². The van der Waals surface area contributed by atoms with Crippen LogP contribution >= 0.6 is 0 Å². The number of methoxy groups -OCH3 is 1. The second-order valence-corrected chi connectivity index (χ2v) is 4.42. The van der Waals surface area contributed by atoms with Gasteiger partial charge in [0.05, 0.1) is 18.7 Å². The van der Waals surface area contributed by atoms with Crippen molar-refractivity contribution in [3.63, 3.8) is 0 Å². The molecule has 19 heavy (non-hydrogen) atoms. The van der Waals surface area contributed by atoms with Gasteiger partial charge >= 0.3 is 0 Å². The minimum atomic E-state index is 0.0844. The summed E-state index contributed by atoms with van der Waals surface area (Å²) in [5.41, 5.74) is 2.08. The van der Waals surface area contributed by atoms with E-state index in [1.54, 1.807) is 13.4 Å². The summed E-state index contributed by atoms with van der Waals surface area (Å²) in [7, 11) is 1.67. The molecule has 0 saturated heterocycles. The molecular weight excluding hydrogens is 242 g/mol. The monoisotopic (exact) mass is 261 g/mol. The molecule has 102 valence electrons. The van der Waals surface area contributed by atoms with Crippen molar-refractivity contribution in [1.29, 1.82) is 0 Å². The average Bonchev–Trinajstić information content (AvgIpc) is 2.43. The molecule has 0 aliphatic rings. The first-order chi connectivity index (χ1) is 9.26. The number of benzene rings is 1. The molecule has 5 heteroatoms. The zero-order valence-electron chi connectivity index (χ0n) is 11.3. The summed E-state index contributed by atoms with van der Waals surface area (Å²) >= 11 is 0. The lowest BCUT2D eigenvalue weighted by Crippen LogP contribution is -2.31. The van der Waals surface area contributed by atoms with Gasteiger partial charge in [0.2, 0.25) is 0 Å². The minimum Gasteiger partial charge on any atom is -0.395 e. The Balaban J connectivity index is 2.42. The molecule has 0 fully saturated rings. The fourth-order valence-electron chi connectivity index (χ4n) is 2.05. The van der Waals surface area contributed by atoms with Crippen LogP contribution in [0.1, 0.15) is 5.56 Å². The molecule has 0 amide bonds. The van der Waals surface area contributed by atoms with E-state index in [0.717, 1.165) is 16.7 Å². The second-order valence-electron chi connectivity index (χ2n) is 4.42. The van der Waals surface area contributed by atoms with Crippen molar-refractivity contribution in [3.8, 4) is 0 Å². The molecule has 5 nitrogen and oxygen atoms in total. The SMILES string of the molecule is COCCN(CCO)c1ncnc2ccc(C)cc12. The molecule has 0 radical (unpaired) electrons. The molecule has 0 aliphatic carbocycles. The van der Waals surface area contributed by atoms with Crippen molar-refractivity contribution in [3.05, 3.63) is 30.1 Å². The van der Waals surface area contributed by atoms with Crippen LogP contribution in [0.5, 0.6) is 0 Å². The number of aliphatic hydroxyl groups excluding tert-OH is 1. The van der Waals surface area contributed by atoms with E-state index in [9.17, 15) is 5.11 Å². The van der Waals surface area contributed by atoms with Crippen molar-refractivity contribution in [2.45, 2.75) is 6.92 Å². The summed E-state index contributed by atoms with van der Waals surface area (Å²) in [6.07, 6.45) is 1.56. The quantitative estimate of drug-likeness (QED) is 0.851. The molecule has 0 aliphatic heterocycles. The molecule has 0 unspecified atom stereocenters. The number of nitrogens with zero attached hydrogens (tertiary/aromatic N) is 3. The summed E-state index contributed by atoms with van der Waals surface area (Å²) < 4.78 is 5.11. The Kier molecular flexibility index (Phi) is 4.65. The Bertz CT molecular complexity index is 545. The van der Waals surface area contributed by atoms with E-state index >= 15 is 0 Å². The molecule has 1 heterocycles. The molecule has 2 aromatic rings. The first kappa shape index (κ1) is 13.7. The number of fused-ring (bicyclic) bond motifs is 1. The molecule has 2 rings (SSSR count). The maximum absolute atomic E-state index is 9.20. The van der Waals surface area contributed by atoms with Crippen LogP contribution in [0.4, 0.5) is 5.82 Å². The Morgan fingerprint density at radius 3 is 2.84 bits per heavy atom. The Hall–Kier alpha value is -1.72. The molecule has 0 atom stereocenters. The van der Waals surface area contributed by atoms with Gasteiger partial charge in [-0.25, -0.2) is 9.97 Å². The fraction of sp³-hybridized carbons (Fsp3) is 0.429. The predicted molar refractivity (Wildman–Crippen MR) is 75.4 cm³/mol. The number of rotatable bonds is 6. The summed E-state index contributed by atoms with van der Waals surface area (Å²) in [6.45, 7) is 3.95. The molecule has 1 aromatic carbocycles. The van der Waals surface area contributed by atoms with E-state index < -0.39 is 0 Å². The zero-order valence-corrected chi connectivity index (χ0v) is 11.3. The third-order valence-electron chi connectivity index (χ3n) is 3.00. The Morgan fingerprint density at radius 1 is 1.26 bits per heavy atom. The van der Waals surface area contributed by atoms with Crippen molar-refractivity contribution in [2.24, 2.45) is 0 Å². The number of hydrogen-bond donors (Lipinski definition) is 1. The van der Waals surface area contributed by atoms with Crippen LogP contribution in [-0.2, 0) is 4.74 Å². The Morgan fingerprint density at radius 2 is 2.11 bits per heavy atom. The van der Waals surface area contributed by atoms with Gasteiger partial charge in [-0.3, -0.25) is 0 Å². The van der Waals surface area contributed by atoms with Gasteiger partial charge in [0.1, 0.15) is 12.1 Å². The number of aliphatic hydroxyl groups is 1. The summed E-state index contributed by atoms with van der Waals surface area (Å²) in [5, 5.41) is 10.2. The van der Waals surface area contributed by atoms with Crippen LogP contribution in [0.25, 0.3) is 10.9 Å². The maximum atomic E-state index is 9.20. The van der Waals surface area contributed by atoms with Crippen LogP contribution in [0.15, 0.2) is 24.5 Å². The van der Waals surface area contributed by atoms with Crippen molar-refractivity contribution < 1.29 is 9.84 Å². The van der Waals surface area contributed by atoms with E-state index in [0.29, 0.717) is 19.7 Å². The van der Waals surface area contributed by atoms with Gasteiger partial charge < -0.3 is 14.7 Å². The van der Waals surface area contributed by atoms with Crippen LogP contribution in [0.2, 0.25) is 0 Å². The van der Waals surface area contributed by atoms with Gasteiger partial charge in [-0.05, 0) is 19.1 Å². The summed E-state index contributed by atoms with van der Waals surface area (Å²) in [6, 6.07) is 6.09. The van der Waals surface area contributed by atoms with E-state index in [1.807, 2.05) is 24.0 Å². The highest BCUT2D eigenvalue weighted by atomic mass is 16.5. The zero-order chi connectivity index (χ0) is 13.7. The number of anilines is 1. The third kappa shape index (κ3) is 3.19. The predicted octanol–water partition coefficient (Wildman–Crippen LogP) is 1.38. The molecule has 1 N–H and O–H groups in total. The fourth-order valence-corrected chi connectivity index (χ4v) is 2.05. The highest BCUT2D eigenvalue weighted by Crippen LogP contribution is 2.23. The van der Waals surface area contributed by atoms with Gasteiger partial charge in [0.25, 0.3) is 0 Å². The lowest BCUT2D eigenvalue weighted by Gasteiger charge is -2.23. The van der Waals surface area contributed by atoms with E-state index in [-0.39, 0.29) is 6.61 Å². The number of hydrogen-bond acceptors (Lipinski definition) is 5. The van der Waals surface area contributed by atoms with Crippen LogP contribution in [0, 0.1) is 6.92 Å². The standard InChI is InChI=1S/C14H19N3O2/c1-11-3-4-13-12(9-11)14(16-10-15-13)17(5-7-18)6-8-19-2/h3-4,9-10,18H,5-8H2,1-2H3. The summed E-state index contributed by atoms with van der Waals surface area (Å²) in [4.78, 5) is 10.7. The number of ether oxygens (including phenoxy) is 1. The minimum absolute atomic E-state index is 0.0844. The van der Waals surface area contributed by atoms with E-state index in [2.05, 4.69) is 16.0 Å². The summed E-state index contributed by atoms with van der Waals surface area (Å²) in [5.74, 6) is 0.847. The third-order valence-corrected chi connectivity index (χ3v) is 3.00. The maximum Gasteiger partial charge on any atom is 0.140 e. The van der Waals surface area contributed by atoms with Crippen molar-refractivity contribution in [1.82, 2.24) is 9.97 Å². The van der Waals surface area contributed by atoms with Crippen molar-refractivity contribution in [2.75, 3.05) is 38.3 Å². The first-order valence-electron chi connectivity index (χ1n) is 6.32. The van der Waals surface area contributed by atoms with Gasteiger partial charge in [-0.2, -0.15) is 0 Å². The molecule has 0 bridgehead atoms. The molecular formula is C14H19N3O2. The van der Waals surface area contributed by atoms with Crippen LogP contribution < -0.4 is 4.90 Å². The Labute approximate surface area is 112 Å². The van der Waals surface area contributed by atoms with E-state index in [4.69, 9.17) is 4.74 Å². The largest absolute Gasteiger partial charge is 0.395 e. The second kappa shape index (κ2) is 6.45. The molecule has 1 aromatic heterocycles. The average molecular weight is 261 g/mol. The number of aryl methyl sites for hydroxylation is 1. The van der Waals surface area contributed by atoms with Crippen LogP contribution in [-0.4, -0.2) is 48.5 Å². The van der Waals surface area contributed by atoms with Crippen molar-refractivity contribution >= 4 is 16.7 Å². The lowest BCUT2D eigenvalue weighted by molar-refractivity contribution is 0.202. The van der Waals surface area contributed by atoms with Crippen LogP contribution in [0.3, 0.4) is 0 Å². The lowest BCUT2D eigenvalue weighted by atomic mass is 10.1. The highest BCUT2D eigenvalue weighted by molar-refractivity contribution is 5.89. The normalized spacial score (nSPS) is 10.9. The van der Waals surface area contributed by atoms with Gasteiger partial charge in [0.15, 0.2) is 0 Å². The first-order valence-corrected chi connectivity index (χ1v) is 6.32. The smallest absolute Gasteiger partial charge is 0.140 e. The van der Waals surface area contributed by atoms with Gasteiger partial charge in [-0.15, -0.1) is 0 Å².